The molecule has 0 amide bonds. The lowest BCUT2D eigenvalue weighted by atomic mass is 10.1. The molecule has 0 aliphatic heterocycles. The van der Waals surface area contributed by atoms with E-state index in [1.54, 1.807) is 0 Å². The minimum absolute atomic E-state index is 0.151. The highest BCUT2D eigenvalue weighted by Crippen LogP contribution is 2.08. The standard InChI is InChI=1S/C14H22FN/c1-3-11-16-12(2)5-4-6-13-7-9-14(15)10-8-13/h7-10,12,16H,3-6,11H2,1-2H3. The molecule has 1 N–H and O–H groups in total. The van der Waals surface area contributed by atoms with Gasteiger partial charge in [-0.2, -0.15) is 0 Å². The van der Waals surface area contributed by atoms with Gasteiger partial charge in [-0.15, -0.1) is 0 Å². The van der Waals surface area contributed by atoms with Gasteiger partial charge in [0, 0.05) is 6.04 Å². The van der Waals surface area contributed by atoms with Crippen molar-refractivity contribution in [3.8, 4) is 0 Å². The Morgan fingerprint density at radius 1 is 1.25 bits per heavy atom. The first-order chi connectivity index (χ1) is 7.72. The highest BCUT2D eigenvalue weighted by molar-refractivity contribution is 5.15. The number of benzene rings is 1. The summed E-state index contributed by atoms with van der Waals surface area (Å²) in [5, 5.41) is 3.47. The summed E-state index contributed by atoms with van der Waals surface area (Å²) in [5.41, 5.74) is 1.23. The molecule has 0 aliphatic carbocycles. The first-order valence-electron chi connectivity index (χ1n) is 6.20. The zero-order valence-electron chi connectivity index (χ0n) is 10.3. The number of aryl methyl sites for hydroxylation is 1. The van der Waals surface area contributed by atoms with E-state index in [1.807, 2.05) is 12.1 Å². The van der Waals surface area contributed by atoms with E-state index in [1.165, 1.54) is 30.5 Å². The van der Waals surface area contributed by atoms with Gasteiger partial charge in [-0.05, 0) is 56.8 Å². The molecular weight excluding hydrogens is 201 g/mol. The summed E-state index contributed by atoms with van der Waals surface area (Å²) in [6.45, 7) is 5.50. The predicted molar refractivity (Wildman–Crippen MR) is 67.1 cm³/mol. The third kappa shape index (κ3) is 5.26. The molecule has 1 aromatic carbocycles. The second-order valence-corrected chi connectivity index (χ2v) is 4.37. The lowest BCUT2D eigenvalue weighted by Crippen LogP contribution is -2.26. The smallest absolute Gasteiger partial charge is 0.123 e. The zero-order chi connectivity index (χ0) is 11.8. The molecule has 0 saturated carbocycles. The lowest BCUT2D eigenvalue weighted by molar-refractivity contribution is 0.498. The monoisotopic (exact) mass is 223 g/mol. The molecule has 0 heterocycles. The van der Waals surface area contributed by atoms with Crippen LogP contribution in [0.25, 0.3) is 0 Å². The van der Waals surface area contributed by atoms with Crippen LogP contribution in [0.5, 0.6) is 0 Å². The fraction of sp³-hybridized carbons (Fsp3) is 0.571. The molecule has 1 rings (SSSR count). The lowest BCUT2D eigenvalue weighted by Gasteiger charge is -2.12. The van der Waals surface area contributed by atoms with Gasteiger partial charge in [-0.3, -0.25) is 0 Å². The van der Waals surface area contributed by atoms with E-state index in [0.29, 0.717) is 6.04 Å². The van der Waals surface area contributed by atoms with Gasteiger partial charge in [0.25, 0.3) is 0 Å². The van der Waals surface area contributed by atoms with Crippen molar-refractivity contribution in [2.24, 2.45) is 0 Å². The first-order valence-corrected chi connectivity index (χ1v) is 6.20. The Hall–Kier alpha value is -0.890. The molecule has 90 valence electrons. The Morgan fingerprint density at radius 2 is 1.94 bits per heavy atom. The maximum atomic E-state index is 12.7. The number of hydrogen-bond donors (Lipinski definition) is 1. The largest absolute Gasteiger partial charge is 0.314 e. The Bertz CT molecular complexity index is 281. The Kier molecular flexibility index (Phi) is 6.09. The maximum absolute atomic E-state index is 12.7. The maximum Gasteiger partial charge on any atom is 0.123 e. The van der Waals surface area contributed by atoms with Crippen LogP contribution < -0.4 is 5.32 Å². The number of halogens is 1. The van der Waals surface area contributed by atoms with Gasteiger partial charge in [-0.1, -0.05) is 19.1 Å². The molecule has 1 unspecified atom stereocenters. The summed E-state index contributed by atoms with van der Waals surface area (Å²) >= 11 is 0. The van der Waals surface area contributed by atoms with Gasteiger partial charge < -0.3 is 5.32 Å². The molecule has 0 fully saturated rings. The van der Waals surface area contributed by atoms with Crippen molar-refractivity contribution in [2.45, 2.75) is 45.6 Å². The van der Waals surface area contributed by atoms with E-state index in [2.05, 4.69) is 19.2 Å². The third-order valence-corrected chi connectivity index (χ3v) is 2.76. The van der Waals surface area contributed by atoms with Gasteiger partial charge in [0.15, 0.2) is 0 Å². The van der Waals surface area contributed by atoms with Crippen molar-refractivity contribution < 1.29 is 4.39 Å². The highest BCUT2D eigenvalue weighted by atomic mass is 19.1. The highest BCUT2D eigenvalue weighted by Gasteiger charge is 2.00. The van der Waals surface area contributed by atoms with Crippen LogP contribution in [0.4, 0.5) is 4.39 Å². The molecule has 0 radical (unpaired) electrons. The predicted octanol–water partition coefficient (Wildman–Crippen LogP) is 3.54. The summed E-state index contributed by atoms with van der Waals surface area (Å²) in [6.07, 6.45) is 4.56. The Labute approximate surface area is 98.1 Å². The summed E-state index contributed by atoms with van der Waals surface area (Å²) in [7, 11) is 0. The molecule has 0 aliphatic rings. The molecule has 1 nitrogen and oxygen atoms in total. The average Bonchev–Trinajstić information content (AvgIpc) is 2.29. The van der Waals surface area contributed by atoms with E-state index >= 15 is 0 Å². The van der Waals surface area contributed by atoms with E-state index < -0.39 is 0 Å². The third-order valence-electron chi connectivity index (χ3n) is 2.76. The summed E-state index contributed by atoms with van der Waals surface area (Å²) in [5.74, 6) is -0.151. The van der Waals surface area contributed by atoms with Crippen molar-refractivity contribution >= 4 is 0 Å². The van der Waals surface area contributed by atoms with Crippen LogP contribution in [0.3, 0.4) is 0 Å². The van der Waals surface area contributed by atoms with Crippen LogP contribution in [-0.4, -0.2) is 12.6 Å². The second kappa shape index (κ2) is 7.39. The minimum atomic E-state index is -0.151. The molecular formula is C14H22FN. The van der Waals surface area contributed by atoms with Crippen LogP contribution in [0.1, 0.15) is 38.7 Å². The van der Waals surface area contributed by atoms with Crippen molar-refractivity contribution in [1.29, 1.82) is 0 Å². The number of hydrogen-bond acceptors (Lipinski definition) is 1. The van der Waals surface area contributed by atoms with E-state index in [4.69, 9.17) is 0 Å². The van der Waals surface area contributed by atoms with Crippen LogP contribution in [0.15, 0.2) is 24.3 Å². The molecule has 16 heavy (non-hydrogen) atoms. The first kappa shape index (κ1) is 13.2. The molecule has 2 heteroatoms. The van der Waals surface area contributed by atoms with Gasteiger partial charge >= 0.3 is 0 Å². The Morgan fingerprint density at radius 3 is 2.56 bits per heavy atom. The molecule has 1 aromatic rings. The number of rotatable bonds is 7. The van der Waals surface area contributed by atoms with Gasteiger partial charge in [0.1, 0.15) is 5.82 Å². The minimum Gasteiger partial charge on any atom is -0.314 e. The Balaban J connectivity index is 2.17. The van der Waals surface area contributed by atoms with E-state index in [-0.39, 0.29) is 5.82 Å². The molecule has 1 atom stereocenters. The molecule has 0 spiro atoms. The summed E-state index contributed by atoms with van der Waals surface area (Å²) in [4.78, 5) is 0. The van der Waals surface area contributed by atoms with Crippen molar-refractivity contribution in [3.05, 3.63) is 35.6 Å². The fourth-order valence-electron chi connectivity index (χ4n) is 1.76. The van der Waals surface area contributed by atoms with Crippen LogP contribution >= 0.6 is 0 Å². The van der Waals surface area contributed by atoms with E-state index in [0.717, 1.165) is 19.4 Å². The van der Waals surface area contributed by atoms with Gasteiger partial charge in [0.05, 0.1) is 0 Å². The van der Waals surface area contributed by atoms with Crippen molar-refractivity contribution in [2.75, 3.05) is 6.54 Å². The number of nitrogens with one attached hydrogen (secondary N) is 1. The summed E-state index contributed by atoms with van der Waals surface area (Å²) < 4.78 is 12.7. The molecule has 0 bridgehead atoms. The molecule has 0 aromatic heterocycles. The summed E-state index contributed by atoms with van der Waals surface area (Å²) in [6, 6.07) is 7.40. The van der Waals surface area contributed by atoms with Gasteiger partial charge in [-0.25, -0.2) is 4.39 Å². The topological polar surface area (TPSA) is 12.0 Å². The zero-order valence-corrected chi connectivity index (χ0v) is 10.3. The van der Waals surface area contributed by atoms with Crippen molar-refractivity contribution in [3.63, 3.8) is 0 Å². The van der Waals surface area contributed by atoms with E-state index in [9.17, 15) is 4.39 Å². The van der Waals surface area contributed by atoms with Crippen molar-refractivity contribution in [1.82, 2.24) is 5.32 Å². The average molecular weight is 223 g/mol. The van der Waals surface area contributed by atoms with Gasteiger partial charge in [0.2, 0.25) is 0 Å². The quantitative estimate of drug-likeness (QED) is 0.745. The molecule has 0 saturated heterocycles. The fourth-order valence-corrected chi connectivity index (χ4v) is 1.76. The van der Waals surface area contributed by atoms with Crippen LogP contribution in [-0.2, 0) is 6.42 Å². The second-order valence-electron chi connectivity index (χ2n) is 4.37. The SMILES string of the molecule is CCCNC(C)CCCc1ccc(F)cc1. The normalized spacial score (nSPS) is 12.7. The van der Waals surface area contributed by atoms with Crippen LogP contribution in [0, 0.1) is 5.82 Å². The van der Waals surface area contributed by atoms with Crippen LogP contribution in [0.2, 0.25) is 0 Å².